The Balaban J connectivity index is 2.00. The van der Waals surface area contributed by atoms with Gasteiger partial charge in [0.1, 0.15) is 5.82 Å². The number of carbonyl (C=O) groups excluding carboxylic acids is 1. The van der Waals surface area contributed by atoms with Crippen molar-refractivity contribution in [3.63, 3.8) is 0 Å². The van der Waals surface area contributed by atoms with E-state index < -0.39 is 5.97 Å². The molecule has 15 heavy (non-hydrogen) atoms. The van der Waals surface area contributed by atoms with Crippen molar-refractivity contribution in [1.29, 1.82) is 0 Å². The maximum atomic E-state index is 11.1. The lowest BCUT2D eigenvalue weighted by Crippen LogP contribution is -2.09. The molecule has 1 fully saturated rings. The second-order valence-electron chi connectivity index (χ2n) is 3.76. The number of hydrogen-bond acceptors (Lipinski definition) is 5. The molecule has 1 aliphatic carbocycles. The summed E-state index contributed by atoms with van der Waals surface area (Å²) in [7, 11) is 1.32. The van der Waals surface area contributed by atoms with E-state index >= 15 is 0 Å². The van der Waals surface area contributed by atoms with Crippen LogP contribution in [0.5, 0.6) is 0 Å². The molecule has 1 aromatic rings. The highest BCUT2D eigenvalue weighted by Gasteiger charge is 2.32. The zero-order valence-corrected chi connectivity index (χ0v) is 8.73. The number of rotatable bonds is 3. The smallest absolute Gasteiger partial charge is 0.358 e. The third kappa shape index (κ3) is 2.23. The minimum Gasteiger partial charge on any atom is -0.464 e. The maximum absolute atomic E-state index is 11.1. The molecule has 1 saturated carbocycles. The van der Waals surface area contributed by atoms with Crippen LogP contribution >= 0.6 is 0 Å². The fourth-order valence-electron chi connectivity index (χ4n) is 1.34. The van der Waals surface area contributed by atoms with Crippen LogP contribution < -0.4 is 5.32 Å². The number of methoxy groups -OCH3 is 1. The number of aromatic nitrogens is 2. The van der Waals surface area contributed by atoms with Crippen LogP contribution in [0, 0.1) is 5.92 Å². The van der Waals surface area contributed by atoms with Crippen molar-refractivity contribution in [3.05, 3.63) is 17.8 Å². The SMILES string of the molecule is COC(=O)c1ccc(NC2CC2C)nn1. The van der Waals surface area contributed by atoms with Crippen molar-refractivity contribution in [1.82, 2.24) is 10.2 Å². The van der Waals surface area contributed by atoms with E-state index in [1.807, 2.05) is 0 Å². The molecule has 5 heteroatoms. The topological polar surface area (TPSA) is 64.1 Å². The van der Waals surface area contributed by atoms with Gasteiger partial charge in [-0.3, -0.25) is 0 Å². The van der Waals surface area contributed by atoms with Crippen LogP contribution in [0.1, 0.15) is 23.8 Å². The van der Waals surface area contributed by atoms with Gasteiger partial charge in [-0.1, -0.05) is 6.92 Å². The van der Waals surface area contributed by atoms with E-state index in [2.05, 4.69) is 27.2 Å². The summed E-state index contributed by atoms with van der Waals surface area (Å²) in [6.07, 6.45) is 1.17. The zero-order chi connectivity index (χ0) is 10.8. The molecule has 0 aromatic carbocycles. The van der Waals surface area contributed by atoms with Crippen molar-refractivity contribution < 1.29 is 9.53 Å². The summed E-state index contributed by atoms with van der Waals surface area (Å²) >= 11 is 0. The van der Waals surface area contributed by atoms with Gasteiger partial charge in [-0.25, -0.2) is 4.79 Å². The molecular weight excluding hydrogens is 194 g/mol. The first-order chi connectivity index (χ1) is 7.20. The monoisotopic (exact) mass is 207 g/mol. The van der Waals surface area contributed by atoms with Crippen LogP contribution in [0.4, 0.5) is 5.82 Å². The third-order valence-corrected chi connectivity index (χ3v) is 2.50. The number of hydrogen-bond donors (Lipinski definition) is 1. The van der Waals surface area contributed by atoms with E-state index in [1.165, 1.54) is 13.5 Å². The normalized spacial score (nSPS) is 23.3. The molecule has 1 N–H and O–H groups in total. The average Bonchev–Trinajstić information content (AvgIpc) is 2.94. The van der Waals surface area contributed by atoms with Gasteiger partial charge in [0, 0.05) is 6.04 Å². The highest BCUT2D eigenvalue weighted by atomic mass is 16.5. The maximum Gasteiger partial charge on any atom is 0.358 e. The predicted octanol–water partition coefficient (Wildman–Crippen LogP) is 1.08. The molecule has 80 valence electrons. The molecule has 1 aromatic heterocycles. The summed E-state index contributed by atoms with van der Waals surface area (Å²) in [6.45, 7) is 2.17. The van der Waals surface area contributed by atoms with Crippen molar-refractivity contribution >= 4 is 11.8 Å². The Morgan fingerprint density at radius 2 is 2.27 bits per heavy atom. The van der Waals surface area contributed by atoms with Gasteiger partial charge in [-0.05, 0) is 24.5 Å². The summed E-state index contributed by atoms with van der Waals surface area (Å²) in [5, 5.41) is 10.9. The minimum atomic E-state index is -0.464. The molecule has 2 unspecified atom stereocenters. The van der Waals surface area contributed by atoms with Gasteiger partial charge in [0.15, 0.2) is 5.69 Å². The van der Waals surface area contributed by atoms with E-state index in [1.54, 1.807) is 12.1 Å². The minimum absolute atomic E-state index is 0.229. The molecule has 0 amide bonds. The number of carbonyl (C=O) groups is 1. The number of esters is 1. The molecule has 0 saturated heterocycles. The molecule has 1 aliphatic rings. The highest BCUT2D eigenvalue weighted by Crippen LogP contribution is 2.31. The Bertz CT molecular complexity index is 363. The molecule has 5 nitrogen and oxygen atoms in total. The molecule has 0 radical (unpaired) electrons. The van der Waals surface area contributed by atoms with Gasteiger partial charge in [0.05, 0.1) is 7.11 Å². The van der Waals surface area contributed by atoms with Gasteiger partial charge in [-0.2, -0.15) is 0 Å². The number of nitrogens with one attached hydrogen (secondary N) is 1. The number of ether oxygens (including phenoxy) is 1. The fourth-order valence-corrected chi connectivity index (χ4v) is 1.34. The van der Waals surface area contributed by atoms with Crippen molar-refractivity contribution in [2.75, 3.05) is 12.4 Å². The largest absolute Gasteiger partial charge is 0.464 e. The summed E-state index contributed by atoms with van der Waals surface area (Å²) < 4.78 is 4.52. The first-order valence-electron chi connectivity index (χ1n) is 4.89. The van der Waals surface area contributed by atoms with Crippen molar-refractivity contribution in [2.24, 2.45) is 5.92 Å². The van der Waals surface area contributed by atoms with Gasteiger partial charge in [0.25, 0.3) is 0 Å². The molecular formula is C10H13N3O2. The summed E-state index contributed by atoms with van der Waals surface area (Å²) in [5.74, 6) is 0.943. The van der Waals surface area contributed by atoms with E-state index in [0.29, 0.717) is 17.8 Å². The van der Waals surface area contributed by atoms with Gasteiger partial charge in [-0.15, -0.1) is 10.2 Å². The quantitative estimate of drug-likeness (QED) is 0.751. The Morgan fingerprint density at radius 1 is 1.53 bits per heavy atom. The average molecular weight is 207 g/mol. The highest BCUT2D eigenvalue weighted by molar-refractivity contribution is 5.86. The van der Waals surface area contributed by atoms with E-state index in [0.717, 1.165) is 0 Å². The lowest BCUT2D eigenvalue weighted by atomic mass is 10.4. The number of anilines is 1. The molecule has 0 spiro atoms. The van der Waals surface area contributed by atoms with Crippen molar-refractivity contribution in [3.8, 4) is 0 Å². The van der Waals surface area contributed by atoms with E-state index in [9.17, 15) is 4.79 Å². The zero-order valence-electron chi connectivity index (χ0n) is 8.73. The standard InChI is InChI=1S/C10H13N3O2/c1-6-5-8(6)11-9-4-3-7(12-13-9)10(14)15-2/h3-4,6,8H,5H2,1-2H3,(H,11,13). The van der Waals surface area contributed by atoms with Gasteiger partial charge >= 0.3 is 5.97 Å². The third-order valence-electron chi connectivity index (χ3n) is 2.50. The second-order valence-corrected chi connectivity index (χ2v) is 3.76. The molecule has 1 heterocycles. The van der Waals surface area contributed by atoms with Crippen LogP contribution in [-0.4, -0.2) is 29.3 Å². The van der Waals surface area contributed by atoms with Crippen molar-refractivity contribution in [2.45, 2.75) is 19.4 Å². The lowest BCUT2D eigenvalue weighted by Gasteiger charge is -2.03. The second kappa shape index (κ2) is 3.84. The van der Waals surface area contributed by atoms with Gasteiger partial charge in [0.2, 0.25) is 0 Å². The van der Waals surface area contributed by atoms with Crippen LogP contribution in [0.3, 0.4) is 0 Å². The molecule has 0 aliphatic heterocycles. The van der Waals surface area contributed by atoms with Crippen LogP contribution in [0.25, 0.3) is 0 Å². The summed E-state index contributed by atoms with van der Waals surface area (Å²) in [6, 6.07) is 3.85. The van der Waals surface area contributed by atoms with Crippen LogP contribution in [0.15, 0.2) is 12.1 Å². The first kappa shape index (κ1) is 9.89. The van der Waals surface area contributed by atoms with E-state index in [-0.39, 0.29) is 5.69 Å². The predicted molar refractivity (Wildman–Crippen MR) is 54.6 cm³/mol. The molecule has 2 atom stereocenters. The first-order valence-corrected chi connectivity index (χ1v) is 4.89. The Labute approximate surface area is 87.8 Å². The Hall–Kier alpha value is -1.65. The summed E-state index contributed by atoms with van der Waals surface area (Å²) in [4.78, 5) is 11.1. The Kier molecular flexibility index (Phi) is 2.53. The Morgan fingerprint density at radius 3 is 2.73 bits per heavy atom. The van der Waals surface area contributed by atoms with E-state index in [4.69, 9.17) is 0 Å². The fraction of sp³-hybridized carbons (Fsp3) is 0.500. The van der Waals surface area contributed by atoms with Gasteiger partial charge < -0.3 is 10.1 Å². The van der Waals surface area contributed by atoms with Crippen LogP contribution in [-0.2, 0) is 4.74 Å². The molecule has 0 bridgehead atoms. The number of nitrogens with zero attached hydrogens (tertiary/aromatic N) is 2. The summed E-state index contributed by atoms with van der Waals surface area (Å²) in [5.41, 5.74) is 0.229. The lowest BCUT2D eigenvalue weighted by molar-refractivity contribution is 0.0593. The molecule has 2 rings (SSSR count). The van der Waals surface area contributed by atoms with Crippen LogP contribution in [0.2, 0.25) is 0 Å².